The molecule has 0 bridgehead atoms. The maximum absolute atomic E-state index is 13.0. The van der Waals surface area contributed by atoms with Crippen LogP contribution in [0.25, 0.3) is 11.4 Å². The van der Waals surface area contributed by atoms with Gasteiger partial charge in [-0.05, 0) is 36.4 Å². The third-order valence-corrected chi connectivity index (χ3v) is 4.50. The normalized spacial score (nSPS) is 14.0. The van der Waals surface area contributed by atoms with Crippen molar-refractivity contribution in [3.05, 3.63) is 54.3 Å². The third-order valence-electron chi connectivity index (χ3n) is 4.50. The summed E-state index contributed by atoms with van der Waals surface area (Å²) in [5, 5.41) is 6.68. The number of rotatable bonds is 6. The van der Waals surface area contributed by atoms with E-state index in [1.807, 2.05) is 12.1 Å². The molecular formula is C20H20FN5O3. The zero-order chi connectivity index (χ0) is 20.1. The van der Waals surface area contributed by atoms with Gasteiger partial charge in [0, 0.05) is 31.5 Å². The van der Waals surface area contributed by atoms with Crippen LogP contribution in [0, 0.1) is 5.82 Å². The molecule has 1 aromatic carbocycles. The minimum absolute atomic E-state index is 0.174. The van der Waals surface area contributed by atoms with Crippen LogP contribution in [-0.4, -0.2) is 47.3 Å². The van der Waals surface area contributed by atoms with Crippen LogP contribution in [0.3, 0.4) is 0 Å². The number of aryl methyl sites for hydroxylation is 1. The maximum Gasteiger partial charge on any atom is 0.227 e. The highest BCUT2D eigenvalue weighted by atomic mass is 19.1. The van der Waals surface area contributed by atoms with Gasteiger partial charge in [-0.2, -0.15) is 4.98 Å². The molecule has 2 aromatic heterocycles. The molecule has 8 nitrogen and oxygen atoms in total. The van der Waals surface area contributed by atoms with E-state index < -0.39 is 0 Å². The topological polar surface area (TPSA) is 93.4 Å². The number of nitrogens with one attached hydrogen (secondary N) is 1. The Bertz CT molecular complexity index is 953. The third kappa shape index (κ3) is 4.94. The van der Waals surface area contributed by atoms with Crippen LogP contribution < -0.4 is 10.2 Å². The van der Waals surface area contributed by atoms with Gasteiger partial charge in [-0.15, -0.1) is 0 Å². The van der Waals surface area contributed by atoms with Gasteiger partial charge in [0.05, 0.1) is 25.1 Å². The number of hydrogen-bond acceptors (Lipinski definition) is 7. The molecule has 0 saturated carbocycles. The van der Waals surface area contributed by atoms with E-state index in [0.29, 0.717) is 42.6 Å². The highest BCUT2D eigenvalue weighted by Crippen LogP contribution is 2.18. The highest BCUT2D eigenvalue weighted by molar-refractivity contribution is 5.90. The molecule has 1 aliphatic heterocycles. The number of halogens is 1. The Morgan fingerprint density at radius 2 is 1.93 bits per heavy atom. The fraction of sp³-hybridized carbons (Fsp3) is 0.300. The smallest absolute Gasteiger partial charge is 0.227 e. The Labute approximate surface area is 166 Å². The molecule has 29 heavy (non-hydrogen) atoms. The van der Waals surface area contributed by atoms with Crippen LogP contribution in [0.15, 0.2) is 47.1 Å². The van der Waals surface area contributed by atoms with Crippen molar-refractivity contribution in [2.75, 3.05) is 36.5 Å². The maximum atomic E-state index is 13.0. The minimum Gasteiger partial charge on any atom is -0.378 e. The molecule has 0 radical (unpaired) electrons. The largest absolute Gasteiger partial charge is 0.378 e. The Morgan fingerprint density at radius 1 is 1.14 bits per heavy atom. The Balaban J connectivity index is 1.28. The monoisotopic (exact) mass is 397 g/mol. The molecule has 0 unspecified atom stereocenters. The summed E-state index contributed by atoms with van der Waals surface area (Å²) in [6.45, 7) is 3.00. The lowest BCUT2D eigenvalue weighted by molar-refractivity contribution is -0.116. The first kappa shape index (κ1) is 19.0. The van der Waals surface area contributed by atoms with Gasteiger partial charge in [-0.1, -0.05) is 5.16 Å². The van der Waals surface area contributed by atoms with E-state index in [-0.39, 0.29) is 18.1 Å². The average Bonchev–Trinajstić information content (AvgIpc) is 3.23. The number of pyridine rings is 1. The number of carbonyl (C=O) groups is 1. The molecule has 1 amide bonds. The zero-order valence-electron chi connectivity index (χ0n) is 15.7. The van der Waals surface area contributed by atoms with E-state index in [4.69, 9.17) is 9.26 Å². The van der Waals surface area contributed by atoms with Crippen LogP contribution in [-0.2, 0) is 16.0 Å². The van der Waals surface area contributed by atoms with Gasteiger partial charge in [0.25, 0.3) is 0 Å². The number of benzene rings is 1. The predicted molar refractivity (Wildman–Crippen MR) is 104 cm³/mol. The van der Waals surface area contributed by atoms with Crippen molar-refractivity contribution in [3.63, 3.8) is 0 Å². The lowest BCUT2D eigenvalue weighted by Crippen LogP contribution is -2.36. The second-order valence-electron chi connectivity index (χ2n) is 6.57. The molecule has 0 spiro atoms. The van der Waals surface area contributed by atoms with E-state index in [9.17, 15) is 9.18 Å². The van der Waals surface area contributed by atoms with Crippen LogP contribution in [0.5, 0.6) is 0 Å². The molecule has 0 aliphatic carbocycles. The van der Waals surface area contributed by atoms with Crippen molar-refractivity contribution in [3.8, 4) is 11.4 Å². The Hall–Kier alpha value is -3.33. The van der Waals surface area contributed by atoms with Crippen LogP contribution in [0.2, 0.25) is 0 Å². The van der Waals surface area contributed by atoms with E-state index in [1.54, 1.807) is 18.3 Å². The van der Waals surface area contributed by atoms with Crippen molar-refractivity contribution in [1.29, 1.82) is 0 Å². The standard InChI is InChI=1S/C20H20FN5O3/c21-15-3-1-14(2-4-15)20-24-19(29-25-20)8-7-18(27)23-16-5-6-17(22-13-16)26-9-11-28-12-10-26/h1-6,13H,7-12H2,(H,23,27). The highest BCUT2D eigenvalue weighted by Gasteiger charge is 2.13. The summed E-state index contributed by atoms with van der Waals surface area (Å²) in [7, 11) is 0. The van der Waals surface area contributed by atoms with Crippen LogP contribution >= 0.6 is 0 Å². The summed E-state index contributed by atoms with van der Waals surface area (Å²) in [5.41, 5.74) is 1.28. The molecule has 4 rings (SSSR count). The lowest BCUT2D eigenvalue weighted by atomic mass is 10.2. The number of carbonyl (C=O) groups excluding carboxylic acids is 1. The number of anilines is 2. The van der Waals surface area contributed by atoms with Gasteiger partial charge in [-0.25, -0.2) is 9.37 Å². The Kier molecular flexibility index (Phi) is 5.76. The molecule has 1 fully saturated rings. The second-order valence-corrected chi connectivity index (χ2v) is 6.57. The SMILES string of the molecule is O=C(CCc1nc(-c2ccc(F)cc2)no1)Nc1ccc(N2CCOCC2)nc1. The predicted octanol–water partition coefficient (Wildman–Crippen LogP) is 2.68. The van der Waals surface area contributed by atoms with Crippen molar-refractivity contribution in [1.82, 2.24) is 15.1 Å². The van der Waals surface area contributed by atoms with Crippen molar-refractivity contribution >= 4 is 17.4 Å². The molecular weight excluding hydrogens is 377 g/mol. The van der Waals surface area contributed by atoms with E-state index in [2.05, 4.69) is 25.3 Å². The Morgan fingerprint density at radius 3 is 2.66 bits per heavy atom. The number of ether oxygens (including phenoxy) is 1. The van der Waals surface area contributed by atoms with E-state index in [1.165, 1.54) is 12.1 Å². The molecule has 150 valence electrons. The molecule has 9 heteroatoms. The van der Waals surface area contributed by atoms with Gasteiger partial charge >= 0.3 is 0 Å². The van der Waals surface area contributed by atoms with Crippen molar-refractivity contribution in [2.45, 2.75) is 12.8 Å². The summed E-state index contributed by atoms with van der Waals surface area (Å²) >= 11 is 0. The van der Waals surface area contributed by atoms with Crippen LogP contribution in [0.1, 0.15) is 12.3 Å². The molecule has 3 aromatic rings. The summed E-state index contributed by atoms with van der Waals surface area (Å²) in [6, 6.07) is 9.52. The fourth-order valence-electron chi connectivity index (χ4n) is 2.96. The first-order valence-electron chi connectivity index (χ1n) is 9.34. The number of aromatic nitrogens is 3. The van der Waals surface area contributed by atoms with E-state index >= 15 is 0 Å². The molecule has 1 saturated heterocycles. The number of amides is 1. The summed E-state index contributed by atoms with van der Waals surface area (Å²) < 4.78 is 23.5. The number of nitrogens with zero attached hydrogens (tertiary/aromatic N) is 4. The van der Waals surface area contributed by atoms with Crippen molar-refractivity contribution in [2.24, 2.45) is 0 Å². The minimum atomic E-state index is -0.332. The van der Waals surface area contributed by atoms with Gasteiger partial charge in [-0.3, -0.25) is 4.79 Å². The number of morpholine rings is 1. The first-order chi connectivity index (χ1) is 14.2. The zero-order valence-corrected chi connectivity index (χ0v) is 15.7. The fourth-order valence-corrected chi connectivity index (χ4v) is 2.96. The second kappa shape index (κ2) is 8.78. The number of hydrogen-bond donors (Lipinski definition) is 1. The molecule has 3 heterocycles. The summed E-state index contributed by atoms with van der Waals surface area (Å²) in [5.74, 6) is 1.07. The van der Waals surface area contributed by atoms with Crippen LogP contribution in [0.4, 0.5) is 15.9 Å². The van der Waals surface area contributed by atoms with Gasteiger partial charge < -0.3 is 19.5 Å². The molecule has 0 atom stereocenters. The molecule has 1 aliphatic rings. The van der Waals surface area contributed by atoms with Gasteiger partial charge in [0.1, 0.15) is 11.6 Å². The van der Waals surface area contributed by atoms with Gasteiger partial charge in [0.15, 0.2) is 0 Å². The van der Waals surface area contributed by atoms with E-state index in [0.717, 1.165) is 18.9 Å². The molecule has 1 N–H and O–H groups in total. The summed E-state index contributed by atoms with van der Waals surface area (Å²) in [4.78, 5) is 23.0. The first-order valence-corrected chi connectivity index (χ1v) is 9.34. The van der Waals surface area contributed by atoms with Gasteiger partial charge in [0.2, 0.25) is 17.6 Å². The lowest BCUT2D eigenvalue weighted by Gasteiger charge is -2.27. The quantitative estimate of drug-likeness (QED) is 0.683. The summed E-state index contributed by atoms with van der Waals surface area (Å²) in [6.07, 6.45) is 2.14. The van der Waals surface area contributed by atoms with Crippen molar-refractivity contribution < 1.29 is 18.4 Å². The average molecular weight is 397 g/mol.